The maximum atomic E-state index is 13.2. The van der Waals surface area contributed by atoms with Crippen molar-refractivity contribution in [1.82, 2.24) is 18.6 Å². The number of benzene rings is 1. The molecule has 0 spiro atoms. The van der Waals surface area contributed by atoms with Crippen LogP contribution in [0.2, 0.25) is 0 Å². The highest BCUT2D eigenvalue weighted by Crippen LogP contribution is 2.44. The fraction of sp³-hybridized carbons (Fsp3) is 0.450. The fourth-order valence-electron chi connectivity index (χ4n) is 4.84. The van der Waals surface area contributed by atoms with Gasteiger partial charge < -0.3 is 9.88 Å². The van der Waals surface area contributed by atoms with E-state index in [1.165, 1.54) is 54.3 Å². The molecule has 0 saturated heterocycles. The van der Waals surface area contributed by atoms with Crippen LogP contribution in [0.5, 0.6) is 0 Å². The Morgan fingerprint density at radius 1 is 1.19 bits per heavy atom. The summed E-state index contributed by atoms with van der Waals surface area (Å²) in [5, 5.41) is 1.31. The SMILES string of the molecule is O=C(c1cnsn1)N1CCc2c([nH]c3ccccc23)[C@H]1C1CCCCC1. The van der Waals surface area contributed by atoms with E-state index in [0.29, 0.717) is 11.6 Å². The molecule has 5 rings (SSSR count). The lowest BCUT2D eigenvalue weighted by Crippen LogP contribution is -2.43. The van der Waals surface area contributed by atoms with Crippen molar-refractivity contribution in [2.45, 2.75) is 44.6 Å². The first-order chi connectivity index (χ1) is 12.8. The van der Waals surface area contributed by atoms with Crippen LogP contribution < -0.4 is 0 Å². The number of rotatable bonds is 2. The van der Waals surface area contributed by atoms with Gasteiger partial charge in [-0.25, -0.2) is 0 Å². The van der Waals surface area contributed by atoms with Crippen LogP contribution in [0.1, 0.15) is 59.9 Å². The van der Waals surface area contributed by atoms with E-state index in [-0.39, 0.29) is 11.9 Å². The van der Waals surface area contributed by atoms with Gasteiger partial charge in [-0.3, -0.25) is 4.79 Å². The number of nitrogens with one attached hydrogen (secondary N) is 1. The van der Waals surface area contributed by atoms with Crippen LogP contribution in [0.25, 0.3) is 10.9 Å². The molecule has 1 N–H and O–H groups in total. The third-order valence-corrected chi connectivity index (χ3v) is 6.50. The van der Waals surface area contributed by atoms with Gasteiger partial charge in [0.15, 0.2) is 5.69 Å². The Morgan fingerprint density at radius 3 is 2.85 bits per heavy atom. The maximum absolute atomic E-state index is 13.2. The topological polar surface area (TPSA) is 61.9 Å². The van der Waals surface area contributed by atoms with E-state index in [9.17, 15) is 4.79 Å². The van der Waals surface area contributed by atoms with Crippen LogP contribution in [0.4, 0.5) is 0 Å². The Bertz CT molecular complexity index is 927. The number of carbonyl (C=O) groups excluding carboxylic acids is 1. The summed E-state index contributed by atoms with van der Waals surface area (Å²) >= 11 is 1.10. The Hall–Kier alpha value is -2.21. The molecule has 6 heteroatoms. The summed E-state index contributed by atoms with van der Waals surface area (Å²) in [4.78, 5) is 18.9. The van der Waals surface area contributed by atoms with Gasteiger partial charge in [0.1, 0.15) is 0 Å². The second kappa shape index (κ2) is 6.50. The predicted octanol–water partition coefficient (Wildman–Crippen LogP) is 4.34. The first-order valence-corrected chi connectivity index (χ1v) is 10.2. The molecule has 5 nitrogen and oxygen atoms in total. The number of aromatic nitrogens is 3. The summed E-state index contributed by atoms with van der Waals surface area (Å²) in [6, 6.07) is 8.64. The van der Waals surface area contributed by atoms with Crippen LogP contribution in [-0.2, 0) is 6.42 Å². The molecule has 134 valence electrons. The average molecular weight is 366 g/mol. The highest BCUT2D eigenvalue weighted by molar-refractivity contribution is 6.99. The molecule has 1 aromatic carbocycles. The molecular weight excluding hydrogens is 344 g/mol. The van der Waals surface area contributed by atoms with E-state index >= 15 is 0 Å². The normalized spacial score (nSPS) is 21.1. The summed E-state index contributed by atoms with van der Waals surface area (Å²) in [7, 11) is 0. The van der Waals surface area contributed by atoms with Crippen LogP contribution in [-0.4, -0.2) is 31.1 Å². The number of hydrogen-bond donors (Lipinski definition) is 1. The second-order valence-electron chi connectivity index (χ2n) is 7.45. The predicted molar refractivity (Wildman–Crippen MR) is 102 cm³/mol. The maximum Gasteiger partial charge on any atom is 0.275 e. The van der Waals surface area contributed by atoms with Crippen molar-refractivity contribution in [3.8, 4) is 0 Å². The van der Waals surface area contributed by atoms with Crippen LogP contribution >= 0.6 is 11.7 Å². The number of carbonyl (C=O) groups is 1. The zero-order chi connectivity index (χ0) is 17.5. The zero-order valence-corrected chi connectivity index (χ0v) is 15.5. The van der Waals surface area contributed by atoms with E-state index in [1.807, 2.05) is 0 Å². The molecule has 1 aliphatic heterocycles. The first-order valence-electron chi connectivity index (χ1n) is 9.51. The first kappa shape index (κ1) is 16.0. The van der Waals surface area contributed by atoms with Crippen LogP contribution in [0, 0.1) is 5.92 Å². The smallest absolute Gasteiger partial charge is 0.275 e. The molecule has 3 heterocycles. The van der Waals surface area contributed by atoms with Gasteiger partial charge in [0, 0.05) is 23.1 Å². The van der Waals surface area contributed by atoms with E-state index in [2.05, 4.69) is 42.9 Å². The Kier molecular flexibility index (Phi) is 4.00. The van der Waals surface area contributed by atoms with Gasteiger partial charge in [-0.15, -0.1) is 0 Å². The lowest BCUT2D eigenvalue weighted by atomic mass is 9.79. The molecule has 0 unspecified atom stereocenters. The molecule has 2 aromatic heterocycles. The molecule has 2 aliphatic rings. The monoisotopic (exact) mass is 366 g/mol. The highest BCUT2D eigenvalue weighted by atomic mass is 32.1. The summed E-state index contributed by atoms with van der Waals surface area (Å²) in [5.74, 6) is 0.546. The lowest BCUT2D eigenvalue weighted by Gasteiger charge is -2.41. The average Bonchev–Trinajstić information content (AvgIpc) is 3.35. The number of hydrogen-bond acceptors (Lipinski definition) is 4. The summed E-state index contributed by atoms with van der Waals surface area (Å²) in [6.07, 6.45) is 8.72. The summed E-state index contributed by atoms with van der Waals surface area (Å²) in [6.45, 7) is 0.756. The van der Waals surface area contributed by atoms with E-state index in [4.69, 9.17) is 0 Å². The fourth-order valence-corrected chi connectivity index (χ4v) is 5.25. The molecule has 1 fully saturated rings. The van der Waals surface area contributed by atoms with Crippen molar-refractivity contribution in [2.75, 3.05) is 6.54 Å². The van der Waals surface area contributed by atoms with Crippen LogP contribution in [0.15, 0.2) is 30.5 Å². The summed E-state index contributed by atoms with van der Waals surface area (Å²) in [5.41, 5.74) is 4.32. The molecule has 1 amide bonds. The minimum atomic E-state index is 0.0265. The third kappa shape index (κ3) is 2.55. The second-order valence-corrected chi connectivity index (χ2v) is 8.00. The van der Waals surface area contributed by atoms with Crippen molar-refractivity contribution >= 4 is 28.5 Å². The molecule has 1 saturated carbocycles. The highest BCUT2D eigenvalue weighted by Gasteiger charge is 2.39. The van der Waals surface area contributed by atoms with Crippen molar-refractivity contribution in [2.24, 2.45) is 5.92 Å². The lowest BCUT2D eigenvalue weighted by molar-refractivity contribution is 0.0529. The number of nitrogens with zero attached hydrogens (tertiary/aromatic N) is 3. The largest absolute Gasteiger partial charge is 0.356 e. The quantitative estimate of drug-likeness (QED) is 0.734. The zero-order valence-electron chi connectivity index (χ0n) is 14.6. The minimum absolute atomic E-state index is 0.0265. The van der Waals surface area contributed by atoms with Crippen molar-refractivity contribution < 1.29 is 4.79 Å². The van der Waals surface area contributed by atoms with E-state index < -0.39 is 0 Å². The molecular formula is C20H22N4OS. The van der Waals surface area contributed by atoms with Gasteiger partial charge in [0.2, 0.25) is 0 Å². The van der Waals surface area contributed by atoms with Crippen LogP contribution in [0.3, 0.4) is 0 Å². The van der Waals surface area contributed by atoms with Gasteiger partial charge in [0.25, 0.3) is 5.91 Å². The Balaban J connectivity index is 1.61. The molecule has 0 bridgehead atoms. The molecule has 0 radical (unpaired) electrons. The van der Waals surface area contributed by atoms with Crippen molar-refractivity contribution in [1.29, 1.82) is 0 Å². The molecule has 1 atom stereocenters. The van der Waals surface area contributed by atoms with Gasteiger partial charge in [0.05, 0.1) is 24.0 Å². The summed E-state index contributed by atoms with van der Waals surface area (Å²) < 4.78 is 8.23. The minimum Gasteiger partial charge on any atom is -0.356 e. The van der Waals surface area contributed by atoms with Crippen molar-refractivity contribution in [3.63, 3.8) is 0 Å². The molecule has 1 aliphatic carbocycles. The Morgan fingerprint density at radius 2 is 2.04 bits per heavy atom. The number of aromatic amines is 1. The van der Waals surface area contributed by atoms with Gasteiger partial charge in [-0.1, -0.05) is 37.5 Å². The van der Waals surface area contributed by atoms with Gasteiger partial charge in [-0.2, -0.15) is 8.75 Å². The molecule has 3 aromatic rings. The van der Waals surface area contributed by atoms with Gasteiger partial charge >= 0.3 is 0 Å². The number of amides is 1. The standard InChI is InChI=1S/C20H22N4OS/c25-20(17-12-21-26-23-17)24-11-10-15-14-8-4-5-9-16(14)22-18(15)19(24)13-6-2-1-3-7-13/h4-5,8-9,12-13,19,22H,1-3,6-7,10-11H2/t19-/m1/s1. The van der Waals surface area contributed by atoms with E-state index in [1.54, 1.807) is 6.20 Å². The number of fused-ring (bicyclic) bond motifs is 3. The molecule has 26 heavy (non-hydrogen) atoms. The van der Waals surface area contributed by atoms with Gasteiger partial charge in [-0.05, 0) is 36.8 Å². The van der Waals surface area contributed by atoms with E-state index in [0.717, 1.165) is 24.7 Å². The number of para-hydroxylation sites is 1. The third-order valence-electron chi connectivity index (χ3n) is 6.02. The Labute approximate surface area is 156 Å². The van der Waals surface area contributed by atoms with Crippen molar-refractivity contribution in [3.05, 3.63) is 47.4 Å². The number of H-pyrrole nitrogens is 1.